The van der Waals surface area contributed by atoms with Crippen molar-refractivity contribution in [2.24, 2.45) is 16.7 Å². The Labute approximate surface area is 71.3 Å². The SMILES string of the molecule is CCc1ccnc(/C(N)=N/N)c1. The minimum Gasteiger partial charge on any atom is -0.380 e. The number of aromatic nitrogens is 1. The topological polar surface area (TPSA) is 77.3 Å². The van der Waals surface area contributed by atoms with Gasteiger partial charge < -0.3 is 11.6 Å². The van der Waals surface area contributed by atoms with E-state index in [1.165, 1.54) is 5.56 Å². The Morgan fingerprint density at radius 2 is 2.42 bits per heavy atom. The molecule has 0 spiro atoms. The van der Waals surface area contributed by atoms with Gasteiger partial charge in [0, 0.05) is 6.20 Å². The molecule has 4 nitrogen and oxygen atoms in total. The van der Waals surface area contributed by atoms with E-state index < -0.39 is 0 Å². The van der Waals surface area contributed by atoms with E-state index in [4.69, 9.17) is 11.6 Å². The summed E-state index contributed by atoms with van der Waals surface area (Å²) in [5.41, 5.74) is 7.29. The third kappa shape index (κ3) is 1.72. The van der Waals surface area contributed by atoms with Crippen LogP contribution >= 0.6 is 0 Å². The standard InChI is InChI=1S/C8H12N4/c1-2-6-3-4-11-7(5-6)8(9)12-10/h3-5H,2,10H2,1H3,(H2,9,12). The van der Waals surface area contributed by atoms with Gasteiger partial charge in [0.25, 0.3) is 0 Å². The van der Waals surface area contributed by atoms with Crippen LogP contribution in [0.3, 0.4) is 0 Å². The summed E-state index contributed by atoms with van der Waals surface area (Å²) in [5.74, 6) is 5.29. The van der Waals surface area contributed by atoms with Crippen LogP contribution < -0.4 is 11.6 Å². The highest BCUT2D eigenvalue weighted by Gasteiger charge is 1.99. The van der Waals surface area contributed by atoms with E-state index >= 15 is 0 Å². The Morgan fingerprint density at radius 3 is 3.00 bits per heavy atom. The normalized spacial score (nSPS) is 11.6. The number of nitrogens with two attached hydrogens (primary N) is 2. The number of rotatable bonds is 2. The zero-order valence-corrected chi connectivity index (χ0v) is 6.99. The molecular formula is C8H12N4. The first-order valence-electron chi connectivity index (χ1n) is 3.76. The third-order valence-corrected chi connectivity index (χ3v) is 1.63. The first-order chi connectivity index (χ1) is 5.77. The minimum atomic E-state index is 0.269. The van der Waals surface area contributed by atoms with Crippen LogP contribution in [0.4, 0.5) is 0 Å². The van der Waals surface area contributed by atoms with Gasteiger partial charge in [0.1, 0.15) is 5.69 Å². The smallest absolute Gasteiger partial charge is 0.168 e. The lowest BCUT2D eigenvalue weighted by molar-refractivity contribution is 1.10. The van der Waals surface area contributed by atoms with Crippen molar-refractivity contribution in [2.45, 2.75) is 13.3 Å². The zero-order valence-electron chi connectivity index (χ0n) is 6.99. The highest BCUT2D eigenvalue weighted by molar-refractivity contribution is 5.95. The van der Waals surface area contributed by atoms with Gasteiger partial charge in [-0.3, -0.25) is 4.98 Å². The zero-order chi connectivity index (χ0) is 8.97. The van der Waals surface area contributed by atoms with Crippen molar-refractivity contribution in [1.82, 2.24) is 4.98 Å². The van der Waals surface area contributed by atoms with Crippen molar-refractivity contribution < 1.29 is 0 Å². The molecule has 0 aliphatic rings. The average molecular weight is 164 g/mol. The van der Waals surface area contributed by atoms with Gasteiger partial charge in [0.05, 0.1) is 0 Å². The first kappa shape index (κ1) is 8.52. The second-order valence-corrected chi connectivity index (χ2v) is 2.42. The van der Waals surface area contributed by atoms with Crippen molar-refractivity contribution >= 4 is 5.84 Å². The van der Waals surface area contributed by atoms with Gasteiger partial charge >= 0.3 is 0 Å². The van der Waals surface area contributed by atoms with Crippen molar-refractivity contribution in [3.63, 3.8) is 0 Å². The Kier molecular flexibility index (Phi) is 2.63. The van der Waals surface area contributed by atoms with Crippen LogP contribution in [0.1, 0.15) is 18.2 Å². The third-order valence-electron chi connectivity index (χ3n) is 1.63. The summed E-state index contributed by atoms with van der Waals surface area (Å²) in [5, 5.41) is 3.37. The van der Waals surface area contributed by atoms with Gasteiger partial charge in [-0.1, -0.05) is 6.92 Å². The van der Waals surface area contributed by atoms with Crippen LogP contribution in [-0.4, -0.2) is 10.8 Å². The van der Waals surface area contributed by atoms with E-state index in [-0.39, 0.29) is 5.84 Å². The van der Waals surface area contributed by atoms with Gasteiger partial charge in [-0.15, -0.1) is 0 Å². The Bertz CT molecular complexity index is 293. The molecule has 0 saturated heterocycles. The molecule has 0 saturated carbocycles. The van der Waals surface area contributed by atoms with Crippen LogP contribution in [0.25, 0.3) is 0 Å². The number of pyridine rings is 1. The number of hydrogen-bond acceptors (Lipinski definition) is 3. The van der Waals surface area contributed by atoms with Crippen LogP contribution in [0.5, 0.6) is 0 Å². The van der Waals surface area contributed by atoms with E-state index in [1.807, 2.05) is 12.1 Å². The number of hydrazone groups is 1. The second kappa shape index (κ2) is 3.71. The molecule has 12 heavy (non-hydrogen) atoms. The van der Waals surface area contributed by atoms with Crippen LogP contribution in [0.15, 0.2) is 23.4 Å². The van der Waals surface area contributed by atoms with Gasteiger partial charge in [0.2, 0.25) is 0 Å². The lowest BCUT2D eigenvalue weighted by Gasteiger charge is -1.99. The first-order valence-corrected chi connectivity index (χ1v) is 3.76. The number of aryl methyl sites for hydroxylation is 1. The second-order valence-electron chi connectivity index (χ2n) is 2.42. The lowest BCUT2D eigenvalue weighted by Crippen LogP contribution is -2.17. The van der Waals surface area contributed by atoms with Crippen LogP contribution in [-0.2, 0) is 6.42 Å². The summed E-state index contributed by atoms with van der Waals surface area (Å²) in [6.07, 6.45) is 2.65. The summed E-state index contributed by atoms with van der Waals surface area (Å²) in [6, 6.07) is 3.82. The summed E-state index contributed by atoms with van der Waals surface area (Å²) < 4.78 is 0. The Hall–Kier alpha value is -1.58. The Morgan fingerprint density at radius 1 is 1.67 bits per heavy atom. The van der Waals surface area contributed by atoms with Crippen molar-refractivity contribution in [3.8, 4) is 0 Å². The molecule has 0 unspecified atom stereocenters. The molecule has 4 heteroatoms. The Balaban J connectivity index is 3.02. The molecule has 64 valence electrons. The summed E-state index contributed by atoms with van der Waals surface area (Å²) in [4.78, 5) is 4.02. The van der Waals surface area contributed by atoms with Crippen molar-refractivity contribution in [3.05, 3.63) is 29.6 Å². The molecular weight excluding hydrogens is 152 g/mol. The fourth-order valence-electron chi connectivity index (χ4n) is 0.900. The molecule has 0 amide bonds. The molecule has 0 atom stereocenters. The van der Waals surface area contributed by atoms with Crippen LogP contribution in [0.2, 0.25) is 0 Å². The fourth-order valence-corrected chi connectivity index (χ4v) is 0.900. The van der Waals surface area contributed by atoms with E-state index in [1.54, 1.807) is 6.20 Å². The maximum Gasteiger partial charge on any atom is 0.168 e. The number of amidine groups is 1. The molecule has 0 aromatic carbocycles. The monoisotopic (exact) mass is 164 g/mol. The maximum absolute atomic E-state index is 5.48. The van der Waals surface area contributed by atoms with Crippen LogP contribution in [0, 0.1) is 0 Å². The summed E-state index contributed by atoms with van der Waals surface area (Å²) in [7, 11) is 0. The molecule has 0 fully saturated rings. The molecule has 4 N–H and O–H groups in total. The van der Waals surface area contributed by atoms with Crippen molar-refractivity contribution in [1.29, 1.82) is 0 Å². The predicted octanol–water partition coefficient (Wildman–Crippen LogP) is 0.223. The highest BCUT2D eigenvalue weighted by Crippen LogP contribution is 2.01. The lowest BCUT2D eigenvalue weighted by atomic mass is 10.2. The molecule has 0 aliphatic heterocycles. The van der Waals surface area contributed by atoms with E-state index in [2.05, 4.69) is 17.0 Å². The predicted molar refractivity (Wildman–Crippen MR) is 48.5 cm³/mol. The van der Waals surface area contributed by atoms with E-state index in [0.29, 0.717) is 5.69 Å². The molecule has 0 bridgehead atoms. The molecule has 1 aromatic heterocycles. The van der Waals surface area contributed by atoms with Crippen molar-refractivity contribution in [2.75, 3.05) is 0 Å². The van der Waals surface area contributed by atoms with Gasteiger partial charge in [-0.2, -0.15) is 5.10 Å². The molecule has 0 radical (unpaired) electrons. The maximum atomic E-state index is 5.48. The number of hydrogen-bond donors (Lipinski definition) is 2. The number of nitrogens with zero attached hydrogens (tertiary/aromatic N) is 2. The molecule has 1 aromatic rings. The molecule has 0 aliphatic carbocycles. The van der Waals surface area contributed by atoms with Gasteiger partial charge in [-0.05, 0) is 24.1 Å². The van der Waals surface area contributed by atoms with E-state index in [0.717, 1.165) is 6.42 Å². The average Bonchev–Trinajstić information content (AvgIpc) is 2.17. The summed E-state index contributed by atoms with van der Waals surface area (Å²) >= 11 is 0. The molecule has 1 heterocycles. The largest absolute Gasteiger partial charge is 0.380 e. The van der Waals surface area contributed by atoms with Gasteiger partial charge in [0.15, 0.2) is 5.84 Å². The fraction of sp³-hybridized carbons (Fsp3) is 0.250. The quantitative estimate of drug-likeness (QED) is 0.284. The summed E-state index contributed by atoms with van der Waals surface area (Å²) in [6.45, 7) is 2.06. The molecule has 1 rings (SSSR count). The van der Waals surface area contributed by atoms with E-state index in [9.17, 15) is 0 Å². The van der Waals surface area contributed by atoms with Gasteiger partial charge in [-0.25, -0.2) is 0 Å². The minimum absolute atomic E-state index is 0.269. The highest BCUT2D eigenvalue weighted by atomic mass is 15.2.